The topological polar surface area (TPSA) is 78.9 Å². The molecule has 6 nitrogen and oxygen atoms in total. The van der Waals surface area contributed by atoms with Crippen LogP contribution >= 0.6 is 0 Å². The van der Waals surface area contributed by atoms with Crippen molar-refractivity contribution in [3.8, 4) is 0 Å². The smallest absolute Gasteiger partial charge is 0.306 e. The van der Waals surface area contributed by atoms with Gasteiger partial charge in [-0.25, -0.2) is 0 Å². The largest absolute Gasteiger partial charge is 0.462 e. The van der Waals surface area contributed by atoms with Gasteiger partial charge < -0.3 is 14.2 Å². The molecule has 0 aromatic rings. The summed E-state index contributed by atoms with van der Waals surface area (Å²) < 4.78 is 16.7. The third-order valence-electron chi connectivity index (χ3n) is 11.2. The normalized spacial score (nSPS) is 12.5. The predicted molar refractivity (Wildman–Crippen MR) is 261 cm³/mol. The van der Waals surface area contributed by atoms with Crippen LogP contribution in [0.5, 0.6) is 0 Å². The molecular formula is C55H96O6. The van der Waals surface area contributed by atoms with E-state index in [4.69, 9.17) is 14.2 Å². The highest BCUT2D eigenvalue weighted by molar-refractivity contribution is 5.71. The third kappa shape index (κ3) is 48.0. The molecule has 0 radical (unpaired) electrons. The highest BCUT2D eigenvalue weighted by Gasteiger charge is 2.19. The molecular weight excluding hydrogens is 757 g/mol. The van der Waals surface area contributed by atoms with Crippen molar-refractivity contribution >= 4 is 17.9 Å². The van der Waals surface area contributed by atoms with Crippen molar-refractivity contribution in [1.82, 2.24) is 0 Å². The Labute approximate surface area is 377 Å². The fourth-order valence-corrected chi connectivity index (χ4v) is 7.29. The van der Waals surface area contributed by atoms with Crippen molar-refractivity contribution in [3.63, 3.8) is 0 Å². The van der Waals surface area contributed by atoms with Crippen molar-refractivity contribution in [3.05, 3.63) is 60.8 Å². The number of ether oxygens (including phenoxy) is 3. The van der Waals surface area contributed by atoms with Crippen LogP contribution in [0.2, 0.25) is 0 Å². The van der Waals surface area contributed by atoms with Gasteiger partial charge in [0, 0.05) is 19.3 Å². The maximum Gasteiger partial charge on any atom is 0.306 e. The maximum absolute atomic E-state index is 12.8. The fourth-order valence-electron chi connectivity index (χ4n) is 7.29. The molecule has 0 saturated heterocycles. The number of rotatable bonds is 46. The van der Waals surface area contributed by atoms with Gasteiger partial charge in [-0.05, 0) is 38.5 Å². The van der Waals surface area contributed by atoms with Crippen LogP contribution < -0.4 is 0 Å². The van der Waals surface area contributed by atoms with E-state index in [0.29, 0.717) is 19.3 Å². The second-order valence-electron chi connectivity index (χ2n) is 17.2. The van der Waals surface area contributed by atoms with E-state index in [-0.39, 0.29) is 37.5 Å². The molecule has 0 heterocycles. The summed E-state index contributed by atoms with van der Waals surface area (Å²) in [7, 11) is 0. The highest BCUT2D eigenvalue weighted by atomic mass is 16.6. The Bertz CT molecular complexity index is 1120. The summed E-state index contributed by atoms with van der Waals surface area (Å²) in [6, 6.07) is 0. The van der Waals surface area contributed by atoms with Gasteiger partial charge >= 0.3 is 17.9 Å². The number of hydrogen-bond donors (Lipinski definition) is 0. The summed E-state index contributed by atoms with van der Waals surface area (Å²) in [6.07, 6.45) is 60.7. The Morgan fingerprint density at radius 3 is 1.00 bits per heavy atom. The van der Waals surface area contributed by atoms with Crippen molar-refractivity contribution < 1.29 is 28.6 Å². The van der Waals surface area contributed by atoms with Crippen LogP contribution in [0.25, 0.3) is 0 Å². The summed E-state index contributed by atoms with van der Waals surface area (Å²) in [5, 5.41) is 0. The second kappa shape index (κ2) is 49.8. The van der Waals surface area contributed by atoms with Crippen molar-refractivity contribution in [2.45, 2.75) is 258 Å². The molecule has 1 unspecified atom stereocenters. The zero-order valence-corrected chi connectivity index (χ0v) is 40.2. The first-order valence-electron chi connectivity index (χ1n) is 25.9. The van der Waals surface area contributed by atoms with E-state index in [1.165, 1.54) is 141 Å². The molecule has 0 aliphatic rings. The molecule has 0 rings (SSSR count). The lowest BCUT2D eigenvalue weighted by Crippen LogP contribution is -2.30. The zero-order valence-electron chi connectivity index (χ0n) is 40.2. The van der Waals surface area contributed by atoms with Gasteiger partial charge in [0.05, 0.1) is 0 Å². The Balaban J connectivity index is 4.37. The molecule has 1 atom stereocenters. The number of carbonyl (C=O) groups is 3. The quantitative estimate of drug-likeness (QED) is 0.0263. The minimum atomic E-state index is -0.791. The van der Waals surface area contributed by atoms with Crippen molar-refractivity contribution in [2.75, 3.05) is 13.2 Å². The van der Waals surface area contributed by atoms with Gasteiger partial charge in [-0.15, -0.1) is 0 Å². The van der Waals surface area contributed by atoms with Crippen LogP contribution in [0, 0.1) is 0 Å². The molecule has 61 heavy (non-hydrogen) atoms. The third-order valence-corrected chi connectivity index (χ3v) is 11.2. The van der Waals surface area contributed by atoms with Gasteiger partial charge in [0.2, 0.25) is 0 Å². The molecule has 0 N–H and O–H groups in total. The maximum atomic E-state index is 12.8. The molecule has 0 saturated carbocycles. The Hall–Kier alpha value is -2.89. The lowest BCUT2D eigenvalue weighted by Gasteiger charge is -2.18. The van der Waals surface area contributed by atoms with Gasteiger partial charge in [0.1, 0.15) is 13.2 Å². The standard InChI is InChI=1S/C55H96O6/c1-4-7-10-13-16-19-22-24-26-27-28-30-31-33-36-39-42-45-48-54(57)60-51-52(50-59-53(56)47-44-41-38-35-21-18-15-12-9-6-3)61-55(58)49-46-43-40-37-34-32-29-25-23-20-17-14-11-8-5-2/h8,11,14,17,20,23,25,29,32,34,52H,4-7,9-10,12-13,15-16,18-19,21-22,24,26-28,30-31,33,35-51H2,1-3H3/b11-8-,17-14-,23-20-,29-25-,34-32-. The molecule has 0 spiro atoms. The highest BCUT2D eigenvalue weighted by Crippen LogP contribution is 2.16. The van der Waals surface area contributed by atoms with Crippen LogP contribution in [-0.4, -0.2) is 37.2 Å². The van der Waals surface area contributed by atoms with E-state index in [1.807, 2.05) is 48.6 Å². The second-order valence-corrected chi connectivity index (χ2v) is 17.2. The van der Waals surface area contributed by atoms with Gasteiger partial charge in [0.25, 0.3) is 0 Å². The minimum Gasteiger partial charge on any atom is -0.462 e. The predicted octanol–water partition coefficient (Wildman–Crippen LogP) is 16.9. The van der Waals surface area contributed by atoms with E-state index in [0.717, 1.165) is 64.2 Å². The molecule has 0 amide bonds. The van der Waals surface area contributed by atoms with Gasteiger partial charge in [-0.3, -0.25) is 14.4 Å². The summed E-state index contributed by atoms with van der Waals surface area (Å²) >= 11 is 0. The molecule has 0 aromatic carbocycles. The fraction of sp³-hybridized carbons (Fsp3) is 0.764. The van der Waals surface area contributed by atoms with E-state index in [9.17, 15) is 14.4 Å². The Morgan fingerprint density at radius 1 is 0.344 bits per heavy atom. The van der Waals surface area contributed by atoms with E-state index < -0.39 is 6.10 Å². The molecule has 0 aliphatic heterocycles. The summed E-state index contributed by atoms with van der Waals surface area (Å²) in [4.78, 5) is 37.9. The van der Waals surface area contributed by atoms with Crippen LogP contribution in [0.3, 0.4) is 0 Å². The van der Waals surface area contributed by atoms with Crippen molar-refractivity contribution in [2.24, 2.45) is 0 Å². The van der Waals surface area contributed by atoms with Crippen LogP contribution in [-0.2, 0) is 28.6 Å². The van der Waals surface area contributed by atoms with Gasteiger partial charge in [0.15, 0.2) is 6.10 Å². The molecule has 0 bridgehead atoms. The first-order valence-corrected chi connectivity index (χ1v) is 25.9. The van der Waals surface area contributed by atoms with E-state index in [2.05, 4.69) is 32.9 Å². The summed E-state index contributed by atoms with van der Waals surface area (Å²) in [6.45, 7) is 6.46. The molecule has 0 aliphatic carbocycles. The summed E-state index contributed by atoms with van der Waals surface area (Å²) in [5.74, 6) is -0.925. The molecule has 352 valence electrons. The average molecular weight is 853 g/mol. The minimum absolute atomic E-state index is 0.0884. The number of unbranched alkanes of at least 4 members (excludes halogenated alkanes) is 29. The number of esters is 3. The first kappa shape index (κ1) is 58.1. The lowest BCUT2D eigenvalue weighted by atomic mass is 10.0. The molecule has 0 fully saturated rings. The van der Waals surface area contributed by atoms with Gasteiger partial charge in [-0.2, -0.15) is 0 Å². The van der Waals surface area contributed by atoms with Crippen LogP contribution in [0.1, 0.15) is 252 Å². The van der Waals surface area contributed by atoms with E-state index >= 15 is 0 Å². The monoisotopic (exact) mass is 853 g/mol. The van der Waals surface area contributed by atoms with Gasteiger partial charge in [-0.1, -0.05) is 255 Å². The molecule has 6 heteroatoms. The zero-order chi connectivity index (χ0) is 44.4. The van der Waals surface area contributed by atoms with E-state index in [1.54, 1.807) is 0 Å². The number of carbonyl (C=O) groups excluding carboxylic acids is 3. The number of hydrogen-bond acceptors (Lipinski definition) is 6. The Kier molecular flexibility index (Phi) is 47.4. The number of allylic oxidation sites excluding steroid dienone is 10. The molecule has 0 aromatic heterocycles. The first-order chi connectivity index (χ1) is 30.0. The summed E-state index contributed by atoms with van der Waals surface area (Å²) in [5.41, 5.74) is 0. The average Bonchev–Trinajstić information content (AvgIpc) is 3.26. The van der Waals surface area contributed by atoms with Crippen molar-refractivity contribution in [1.29, 1.82) is 0 Å². The lowest BCUT2D eigenvalue weighted by molar-refractivity contribution is -0.167. The van der Waals surface area contributed by atoms with Crippen LogP contribution in [0.4, 0.5) is 0 Å². The van der Waals surface area contributed by atoms with Crippen LogP contribution in [0.15, 0.2) is 60.8 Å². The SMILES string of the molecule is CC\C=C/C=C\C=C/C=C\C=C/CCCCCC(=O)OC(COC(=O)CCCCCCCCCCCC)COC(=O)CCCCCCCCCCCCCCCCCCCC. The Morgan fingerprint density at radius 2 is 0.639 bits per heavy atom.